The van der Waals surface area contributed by atoms with Gasteiger partial charge in [0.15, 0.2) is 5.58 Å². The van der Waals surface area contributed by atoms with Gasteiger partial charge in [-0.1, -0.05) is 78.9 Å². The summed E-state index contributed by atoms with van der Waals surface area (Å²) < 4.78 is 6.25. The van der Waals surface area contributed by atoms with Crippen molar-refractivity contribution in [2.45, 2.75) is 0 Å². The highest BCUT2D eigenvalue weighted by atomic mass is 16.3. The molecule has 0 radical (unpaired) electrons. The molecule has 5 aromatic heterocycles. The zero-order chi connectivity index (χ0) is 32.3. The number of aromatic nitrogens is 5. The Kier molecular flexibility index (Phi) is 6.08. The van der Waals surface area contributed by atoms with Crippen LogP contribution in [0.15, 0.2) is 156 Å². The largest absolute Gasteiger partial charge is 0.436 e. The first-order valence-electron chi connectivity index (χ1n) is 16.2. The van der Waals surface area contributed by atoms with Crippen molar-refractivity contribution in [3.8, 4) is 45.1 Å². The standard InChI is InChI=1S/C43H25N5O/c1-2-8-28(9-3-1)43-48-42-37(49-43)21-19-33-38(42)32-11-4-5-13-36(32)47-39(33)27-16-14-26(15-17-27)30-18-20-35(46-25-30)34-24-29-10-6-22-44-40(29)41-31(34)12-7-23-45-41/h1-25H. The van der Waals surface area contributed by atoms with E-state index in [1.54, 1.807) is 0 Å². The summed E-state index contributed by atoms with van der Waals surface area (Å²) in [6, 6.07) is 45.3. The normalized spacial score (nSPS) is 11.7. The number of fused-ring (bicyclic) bond motifs is 8. The monoisotopic (exact) mass is 627 g/mol. The van der Waals surface area contributed by atoms with Crippen LogP contribution < -0.4 is 0 Å². The Morgan fingerprint density at radius 2 is 1.22 bits per heavy atom. The van der Waals surface area contributed by atoms with Crippen LogP contribution in [0.25, 0.3) is 99.7 Å². The molecule has 0 spiro atoms. The SMILES string of the molecule is c1ccc(-c2nc3c(ccc4c(-c5ccc(-c6ccc(-c7cc8cccnc8c8ncccc78)nc6)cc5)nc5ccccc5c43)o2)cc1. The first-order valence-corrected chi connectivity index (χ1v) is 16.2. The van der Waals surface area contributed by atoms with Crippen molar-refractivity contribution in [1.82, 2.24) is 24.9 Å². The van der Waals surface area contributed by atoms with Gasteiger partial charge in [-0.25, -0.2) is 9.97 Å². The molecule has 0 aliphatic carbocycles. The number of nitrogens with zero attached hydrogens (tertiary/aromatic N) is 5. The van der Waals surface area contributed by atoms with Gasteiger partial charge in [0.2, 0.25) is 5.89 Å². The van der Waals surface area contributed by atoms with Gasteiger partial charge in [0.05, 0.1) is 27.9 Å². The summed E-state index contributed by atoms with van der Waals surface area (Å²) in [6.45, 7) is 0. The minimum Gasteiger partial charge on any atom is -0.436 e. The number of para-hydroxylation sites is 1. The molecule has 6 heteroatoms. The maximum atomic E-state index is 6.25. The quantitative estimate of drug-likeness (QED) is 0.181. The second kappa shape index (κ2) is 10.9. The van der Waals surface area contributed by atoms with Crippen molar-refractivity contribution in [2.75, 3.05) is 0 Å². The van der Waals surface area contributed by atoms with Crippen molar-refractivity contribution < 1.29 is 4.42 Å². The predicted molar refractivity (Wildman–Crippen MR) is 197 cm³/mol. The summed E-state index contributed by atoms with van der Waals surface area (Å²) in [5.41, 5.74) is 11.2. The van der Waals surface area contributed by atoms with Gasteiger partial charge in [0.1, 0.15) is 5.52 Å². The van der Waals surface area contributed by atoms with E-state index in [0.29, 0.717) is 5.89 Å². The fourth-order valence-electron chi connectivity index (χ4n) is 6.88. The first-order chi connectivity index (χ1) is 24.3. The Hall–Kier alpha value is -6.79. The molecule has 0 aliphatic heterocycles. The van der Waals surface area contributed by atoms with E-state index >= 15 is 0 Å². The lowest BCUT2D eigenvalue weighted by Crippen LogP contribution is -1.92. The highest BCUT2D eigenvalue weighted by Crippen LogP contribution is 2.39. The Labute approximate surface area is 280 Å². The van der Waals surface area contributed by atoms with Gasteiger partial charge in [-0.3, -0.25) is 15.0 Å². The van der Waals surface area contributed by atoms with Crippen LogP contribution in [0.2, 0.25) is 0 Å². The molecular weight excluding hydrogens is 603 g/mol. The smallest absolute Gasteiger partial charge is 0.227 e. The van der Waals surface area contributed by atoms with Crippen LogP contribution in [0, 0.1) is 0 Å². The topological polar surface area (TPSA) is 77.6 Å². The number of oxazole rings is 1. The predicted octanol–water partition coefficient (Wildman–Crippen LogP) is 10.7. The van der Waals surface area contributed by atoms with Crippen LogP contribution in [0.3, 0.4) is 0 Å². The Bertz CT molecular complexity index is 2860. The molecule has 49 heavy (non-hydrogen) atoms. The molecule has 5 heterocycles. The third-order valence-corrected chi connectivity index (χ3v) is 9.23. The summed E-state index contributed by atoms with van der Waals surface area (Å²) in [6.07, 6.45) is 5.56. The molecular formula is C43H25N5O. The maximum absolute atomic E-state index is 6.25. The van der Waals surface area contributed by atoms with E-state index < -0.39 is 0 Å². The van der Waals surface area contributed by atoms with E-state index in [1.807, 2.05) is 79.3 Å². The molecule has 0 unspecified atom stereocenters. The van der Waals surface area contributed by atoms with Crippen LogP contribution in [0.4, 0.5) is 0 Å². The number of benzene rings is 5. The molecule has 10 rings (SSSR count). The summed E-state index contributed by atoms with van der Waals surface area (Å²) in [5.74, 6) is 0.608. The Morgan fingerprint density at radius 1 is 0.469 bits per heavy atom. The van der Waals surface area contributed by atoms with Gasteiger partial charge in [-0.05, 0) is 60.2 Å². The molecule has 0 saturated carbocycles. The zero-order valence-electron chi connectivity index (χ0n) is 26.1. The molecule has 0 amide bonds. The molecule has 5 aromatic carbocycles. The second-order valence-corrected chi connectivity index (χ2v) is 12.1. The molecule has 0 atom stereocenters. The minimum absolute atomic E-state index is 0.608. The highest BCUT2D eigenvalue weighted by Gasteiger charge is 2.18. The van der Waals surface area contributed by atoms with Crippen molar-refractivity contribution in [2.24, 2.45) is 0 Å². The molecule has 0 fully saturated rings. The fourth-order valence-corrected chi connectivity index (χ4v) is 6.88. The molecule has 0 saturated heterocycles. The lowest BCUT2D eigenvalue weighted by molar-refractivity contribution is 0.620. The van der Waals surface area contributed by atoms with Crippen LogP contribution >= 0.6 is 0 Å². The van der Waals surface area contributed by atoms with Gasteiger partial charge < -0.3 is 4.42 Å². The average Bonchev–Trinajstić information content (AvgIpc) is 3.63. The van der Waals surface area contributed by atoms with Crippen LogP contribution in [-0.2, 0) is 0 Å². The van der Waals surface area contributed by atoms with E-state index in [4.69, 9.17) is 19.4 Å². The van der Waals surface area contributed by atoms with E-state index in [0.717, 1.165) is 93.8 Å². The summed E-state index contributed by atoms with van der Waals surface area (Å²) >= 11 is 0. The van der Waals surface area contributed by atoms with Crippen molar-refractivity contribution in [3.05, 3.63) is 152 Å². The molecule has 0 aliphatic rings. The summed E-state index contributed by atoms with van der Waals surface area (Å²) in [4.78, 5) is 24.3. The Morgan fingerprint density at radius 3 is 2.08 bits per heavy atom. The average molecular weight is 628 g/mol. The highest BCUT2D eigenvalue weighted by molar-refractivity contribution is 6.20. The van der Waals surface area contributed by atoms with Gasteiger partial charge >= 0.3 is 0 Å². The van der Waals surface area contributed by atoms with Gasteiger partial charge in [-0.2, -0.15) is 0 Å². The Balaban J connectivity index is 1.05. The van der Waals surface area contributed by atoms with Crippen molar-refractivity contribution in [3.63, 3.8) is 0 Å². The maximum Gasteiger partial charge on any atom is 0.227 e. The van der Waals surface area contributed by atoms with Crippen LogP contribution in [0.1, 0.15) is 0 Å². The zero-order valence-corrected chi connectivity index (χ0v) is 26.1. The summed E-state index contributed by atoms with van der Waals surface area (Å²) in [5, 5.41) is 5.20. The van der Waals surface area contributed by atoms with E-state index in [9.17, 15) is 0 Å². The van der Waals surface area contributed by atoms with Gasteiger partial charge in [0, 0.05) is 67.8 Å². The van der Waals surface area contributed by atoms with Gasteiger partial charge in [-0.15, -0.1) is 0 Å². The van der Waals surface area contributed by atoms with Crippen LogP contribution in [-0.4, -0.2) is 24.9 Å². The third-order valence-electron chi connectivity index (χ3n) is 9.23. The number of hydrogen-bond donors (Lipinski definition) is 0. The first kappa shape index (κ1) is 27.3. The molecule has 228 valence electrons. The molecule has 10 aromatic rings. The second-order valence-electron chi connectivity index (χ2n) is 12.1. The lowest BCUT2D eigenvalue weighted by atomic mass is 9.97. The van der Waals surface area contributed by atoms with E-state index in [2.05, 4.69) is 82.8 Å². The van der Waals surface area contributed by atoms with Crippen LogP contribution in [0.5, 0.6) is 0 Å². The number of hydrogen-bond acceptors (Lipinski definition) is 6. The third kappa shape index (κ3) is 4.46. The number of pyridine rings is 4. The molecule has 6 nitrogen and oxygen atoms in total. The van der Waals surface area contributed by atoms with Crippen molar-refractivity contribution in [1.29, 1.82) is 0 Å². The van der Waals surface area contributed by atoms with E-state index in [-0.39, 0.29) is 0 Å². The molecule has 0 N–H and O–H groups in total. The fraction of sp³-hybridized carbons (Fsp3) is 0. The van der Waals surface area contributed by atoms with Crippen molar-refractivity contribution >= 4 is 54.6 Å². The summed E-state index contributed by atoms with van der Waals surface area (Å²) in [7, 11) is 0. The minimum atomic E-state index is 0.608. The van der Waals surface area contributed by atoms with E-state index in [1.165, 1.54) is 0 Å². The van der Waals surface area contributed by atoms with Gasteiger partial charge in [0.25, 0.3) is 0 Å². The lowest BCUT2D eigenvalue weighted by Gasteiger charge is -2.11. The number of rotatable bonds is 4. The molecule has 0 bridgehead atoms.